The molecule has 1 aliphatic carbocycles. The van der Waals surface area contributed by atoms with E-state index in [1.165, 1.54) is 12.8 Å². The Labute approximate surface area is 163 Å². The molecule has 0 aliphatic heterocycles. The first-order valence-corrected chi connectivity index (χ1v) is 9.60. The molecule has 138 valence electrons. The van der Waals surface area contributed by atoms with Gasteiger partial charge in [0.2, 0.25) is 5.91 Å². The van der Waals surface area contributed by atoms with Crippen LogP contribution in [0.5, 0.6) is 0 Å². The van der Waals surface area contributed by atoms with Crippen molar-refractivity contribution in [2.24, 2.45) is 5.92 Å². The Hall–Kier alpha value is -2.54. The Morgan fingerprint density at radius 3 is 2.89 bits per heavy atom. The SMILES string of the molecule is Bc1cnn2c(NCCNC(=O)CC3CC3)cc(-c3ccccc3Cl)nc12. The maximum atomic E-state index is 11.8. The molecule has 1 aliphatic rings. The highest BCUT2D eigenvalue weighted by Crippen LogP contribution is 2.32. The molecular weight excluding hydrogens is 361 g/mol. The van der Waals surface area contributed by atoms with Gasteiger partial charge in [-0.2, -0.15) is 9.61 Å². The standard InChI is InChI=1S/C19H21BClN5O/c20-14-11-24-26-17(22-7-8-23-18(27)9-12-5-6-12)10-16(25-19(14)26)13-3-1-2-4-15(13)21/h1-4,10-12,22H,5-9,20H2,(H,23,27). The van der Waals surface area contributed by atoms with E-state index in [1.54, 1.807) is 10.7 Å². The maximum absolute atomic E-state index is 11.8. The van der Waals surface area contributed by atoms with E-state index in [4.69, 9.17) is 16.6 Å². The van der Waals surface area contributed by atoms with E-state index in [2.05, 4.69) is 15.7 Å². The normalized spacial score (nSPS) is 13.7. The van der Waals surface area contributed by atoms with Gasteiger partial charge in [0.05, 0.1) is 5.69 Å². The summed E-state index contributed by atoms with van der Waals surface area (Å²) < 4.78 is 1.78. The molecule has 0 bridgehead atoms. The summed E-state index contributed by atoms with van der Waals surface area (Å²) >= 11 is 6.35. The average molecular weight is 382 g/mol. The van der Waals surface area contributed by atoms with Crippen molar-refractivity contribution in [3.63, 3.8) is 0 Å². The molecule has 0 atom stereocenters. The van der Waals surface area contributed by atoms with E-state index in [0.717, 1.165) is 28.2 Å². The zero-order valence-corrected chi connectivity index (χ0v) is 16.0. The van der Waals surface area contributed by atoms with Gasteiger partial charge in [-0.05, 0) is 30.3 Å². The van der Waals surface area contributed by atoms with Crippen molar-refractivity contribution >= 4 is 42.3 Å². The minimum absolute atomic E-state index is 0.130. The molecule has 1 saturated carbocycles. The van der Waals surface area contributed by atoms with Crippen LogP contribution in [0.2, 0.25) is 5.02 Å². The lowest BCUT2D eigenvalue weighted by Gasteiger charge is -2.12. The predicted molar refractivity (Wildman–Crippen MR) is 110 cm³/mol. The van der Waals surface area contributed by atoms with E-state index in [1.807, 2.05) is 38.2 Å². The highest BCUT2D eigenvalue weighted by molar-refractivity contribution is 6.36. The number of carbonyl (C=O) groups is 1. The second-order valence-corrected chi connectivity index (χ2v) is 7.40. The van der Waals surface area contributed by atoms with Crippen LogP contribution in [0.15, 0.2) is 36.5 Å². The molecule has 4 rings (SSSR count). The van der Waals surface area contributed by atoms with Crippen LogP contribution in [-0.2, 0) is 4.79 Å². The first kappa shape index (κ1) is 17.9. The fourth-order valence-corrected chi connectivity index (χ4v) is 3.29. The number of benzene rings is 1. The predicted octanol–water partition coefficient (Wildman–Crippen LogP) is 1.64. The summed E-state index contributed by atoms with van der Waals surface area (Å²) in [5.41, 5.74) is 3.44. The van der Waals surface area contributed by atoms with Crippen LogP contribution in [0.1, 0.15) is 19.3 Å². The third kappa shape index (κ3) is 4.08. The van der Waals surface area contributed by atoms with Crippen molar-refractivity contribution in [3.05, 3.63) is 41.6 Å². The number of halogens is 1. The molecule has 2 aromatic heterocycles. The zero-order valence-electron chi connectivity index (χ0n) is 15.2. The van der Waals surface area contributed by atoms with E-state index >= 15 is 0 Å². The van der Waals surface area contributed by atoms with Gasteiger partial charge in [0, 0.05) is 42.4 Å². The van der Waals surface area contributed by atoms with Gasteiger partial charge in [-0.1, -0.05) is 29.8 Å². The van der Waals surface area contributed by atoms with Crippen LogP contribution in [0.4, 0.5) is 5.82 Å². The second-order valence-electron chi connectivity index (χ2n) is 6.99. The topological polar surface area (TPSA) is 71.3 Å². The maximum Gasteiger partial charge on any atom is 0.220 e. The van der Waals surface area contributed by atoms with E-state index in [0.29, 0.717) is 30.5 Å². The molecule has 1 aromatic carbocycles. The van der Waals surface area contributed by atoms with Gasteiger partial charge in [0.25, 0.3) is 0 Å². The van der Waals surface area contributed by atoms with Crippen LogP contribution in [-0.4, -0.2) is 41.4 Å². The van der Waals surface area contributed by atoms with Crippen molar-refractivity contribution in [1.29, 1.82) is 0 Å². The molecule has 1 fully saturated rings. The summed E-state index contributed by atoms with van der Waals surface area (Å²) in [6, 6.07) is 9.59. The monoisotopic (exact) mass is 381 g/mol. The third-order valence-electron chi connectivity index (χ3n) is 4.72. The molecule has 27 heavy (non-hydrogen) atoms. The fourth-order valence-electron chi connectivity index (χ4n) is 3.05. The minimum Gasteiger partial charge on any atom is -0.368 e. The first-order chi connectivity index (χ1) is 13.1. The molecule has 8 heteroatoms. The average Bonchev–Trinajstić information content (AvgIpc) is 3.40. The summed E-state index contributed by atoms with van der Waals surface area (Å²) in [5, 5.41) is 11.4. The summed E-state index contributed by atoms with van der Waals surface area (Å²) in [4.78, 5) is 16.5. The summed E-state index contributed by atoms with van der Waals surface area (Å²) in [6.45, 7) is 1.17. The number of carbonyl (C=O) groups excluding carboxylic acids is 1. The molecule has 0 spiro atoms. The molecule has 0 saturated heterocycles. The Bertz CT molecular complexity index is 985. The van der Waals surface area contributed by atoms with Gasteiger partial charge in [-0.25, -0.2) is 4.98 Å². The molecule has 2 N–H and O–H groups in total. The van der Waals surface area contributed by atoms with Crippen molar-refractivity contribution in [2.75, 3.05) is 18.4 Å². The van der Waals surface area contributed by atoms with Gasteiger partial charge in [-0.15, -0.1) is 0 Å². The number of amides is 1. The smallest absolute Gasteiger partial charge is 0.220 e. The van der Waals surface area contributed by atoms with Gasteiger partial charge in [0.1, 0.15) is 13.7 Å². The van der Waals surface area contributed by atoms with Crippen LogP contribution in [0.25, 0.3) is 16.9 Å². The highest BCUT2D eigenvalue weighted by Gasteiger charge is 2.24. The lowest BCUT2D eigenvalue weighted by molar-refractivity contribution is -0.121. The number of nitrogens with one attached hydrogen (secondary N) is 2. The number of rotatable bonds is 7. The number of nitrogens with zero attached hydrogens (tertiary/aromatic N) is 3. The van der Waals surface area contributed by atoms with E-state index in [9.17, 15) is 4.79 Å². The van der Waals surface area contributed by atoms with Crippen molar-refractivity contribution < 1.29 is 4.79 Å². The Balaban J connectivity index is 1.52. The highest BCUT2D eigenvalue weighted by atomic mass is 35.5. The van der Waals surface area contributed by atoms with Crippen LogP contribution < -0.4 is 16.1 Å². The van der Waals surface area contributed by atoms with Gasteiger partial charge in [-0.3, -0.25) is 4.79 Å². The molecule has 1 amide bonds. The molecule has 0 radical (unpaired) electrons. The fraction of sp³-hybridized carbons (Fsp3) is 0.316. The summed E-state index contributed by atoms with van der Waals surface area (Å²) in [7, 11) is 1.98. The lowest BCUT2D eigenvalue weighted by atomic mass is 10.0. The van der Waals surface area contributed by atoms with E-state index in [-0.39, 0.29) is 5.91 Å². The minimum atomic E-state index is 0.130. The van der Waals surface area contributed by atoms with Crippen LogP contribution in [0.3, 0.4) is 0 Å². The lowest BCUT2D eigenvalue weighted by Crippen LogP contribution is -2.29. The Kier molecular flexibility index (Phi) is 5.03. The van der Waals surface area contributed by atoms with Crippen molar-refractivity contribution in [1.82, 2.24) is 19.9 Å². The number of hydrogen-bond donors (Lipinski definition) is 2. The van der Waals surface area contributed by atoms with Crippen molar-refractivity contribution in [2.45, 2.75) is 19.3 Å². The number of hydrogen-bond acceptors (Lipinski definition) is 4. The van der Waals surface area contributed by atoms with Gasteiger partial charge < -0.3 is 10.6 Å². The molecule has 3 aromatic rings. The molecule has 2 heterocycles. The first-order valence-electron chi connectivity index (χ1n) is 9.22. The quantitative estimate of drug-likeness (QED) is 0.482. The Morgan fingerprint density at radius 2 is 2.11 bits per heavy atom. The van der Waals surface area contributed by atoms with E-state index < -0.39 is 0 Å². The third-order valence-corrected chi connectivity index (χ3v) is 5.05. The van der Waals surface area contributed by atoms with Crippen molar-refractivity contribution in [3.8, 4) is 11.3 Å². The summed E-state index contributed by atoms with van der Waals surface area (Å²) in [5.74, 6) is 1.55. The molecular formula is C19H21BClN5O. The van der Waals surface area contributed by atoms with Crippen LogP contribution >= 0.6 is 11.6 Å². The number of anilines is 1. The molecule has 0 unspecified atom stereocenters. The Morgan fingerprint density at radius 1 is 1.30 bits per heavy atom. The number of fused-ring (bicyclic) bond motifs is 1. The summed E-state index contributed by atoms with van der Waals surface area (Å²) in [6.07, 6.45) is 4.81. The number of aromatic nitrogens is 3. The van der Waals surface area contributed by atoms with Gasteiger partial charge in [0.15, 0.2) is 5.65 Å². The second kappa shape index (κ2) is 7.60. The van der Waals surface area contributed by atoms with Crippen LogP contribution in [0, 0.1) is 5.92 Å². The van der Waals surface area contributed by atoms with Gasteiger partial charge >= 0.3 is 0 Å². The zero-order chi connectivity index (χ0) is 18.8. The largest absolute Gasteiger partial charge is 0.368 e. The molecule has 6 nitrogen and oxygen atoms in total.